The lowest BCUT2D eigenvalue weighted by atomic mass is 9.89. The van der Waals surface area contributed by atoms with Gasteiger partial charge in [-0.05, 0) is 72.4 Å². The Kier molecular flexibility index (Phi) is 7.62. The Morgan fingerprint density at radius 3 is 1.61 bits per heavy atom. The van der Waals surface area contributed by atoms with Crippen molar-refractivity contribution in [3.8, 4) is 5.75 Å². The Balaban J connectivity index is 1.19. The molecule has 4 aromatic carbocycles. The molecule has 0 saturated carbocycles. The average molecular weight is 503 g/mol. The van der Waals surface area contributed by atoms with Crippen molar-refractivity contribution in [3.63, 3.8) is 0 Å². The second-order valence-electron chi connectivity index (χ2n) is 10.8. The van der Waals surface area contributed by atoms with Gasteiger partial charge in [-0.25, -0.2) is 0 Å². The van der Waals surface area contributed by atoms with Crippen molar-refractivity contribution >= 4 is 11.4 Å². The van der Waals surface area contributed by atoms with E-state index in [1.807, 2.05) is 0 Å². The maximum absolute atomic E-state index is 6.44. The average Bonchev–Trinajstić information content (AvgIpc) is 3.01. The molecule has 0 radical (unpaired) electrons. The van der Waals surface area contributed by atoms with Crippen LogP contribution in [0.1, 0.15) is 54.2 Å². The second-order valence-corrected chi connectivity index (χ2v) is 10.8. The number of hydrogen-bond donors (Lipinski definition) is 0. The first-order valence-corrected chi connectivity index (χ1v) is 14.2. The van der Waals surface area contributed by atoms with E-state index in [0.29, 0.717) is 18.4 Å². The predicted octanol–water partition coefficient (Wildman–Crippen LogP) is 8.03. The van der Waals surface area contributed by atoms with Gasteiger partial charge in [-0.2, -0.15) is 0 Å². The summed E-state index contributed by atoms with van der Waals surface area (Å²) >= 11 is 0. The van der Waals surface area contributed by atoms with Crippen molar-refractivity contribution in [1.29, 1.82) is 0 Å². The number of anilines is 2. The molecule has 38 heavy (non-hydrogen) atoms. The van der Waals surface area contributed by atoms with Crippen LogP contribution in [0.2, 0.25) is 0 Å². The minimum Gasteiger partial charge on any atom is -0.487 e. The van der Waals surface area contributed by atoms with Gasteiger partial charge in [0.05, 0.1) is 5.69 Å². The van der Waals surface area contributed by atoms with E-state index in [4.69, 9.17) is 4.74 Å². The molecule has 0 atom stereocenters. The highest BCUT2D eigenvalue weighted by molar-refractivity contribution is 5.67. The highest BCUT2D eigenvalue weighted by Crippen LogP contribution is 2.39. The summed E-state index contributed by atoms with van der Waals surface area (Å²) in [5.74, 6) is 2.30. The number of benzene rings is 4. The highest BCUT2D eigenvalue weighted by atomic mass is 16.5. The van der Waals surface area contributed by atoms with Gasteiger partial charge in [0.2, 0.25) is 0 Å². The highest BCUT2D eigenvalue weighted by Gasteiger charge is 2.25. The lowest BCUT2D eigenvalue weighted by Crippen LogP contribution is -2.35. The van der Waals surface area contributed by atoms with E-state index < -0.39 is 0 Å². The monoisotopic (exact) mass is 502 g/mol. The summed E-state index contributed by atoms with van der Waals surface area (Å²) in [5, 5.41) is 0. The van der Waals surface area contributed by atoms with Gasteiger partial charge in [0.15, 0.2) is 0 Å². The Hall–Kier alpha value is -3.72. The molecular formula is C35H38N2O. The predicted molar refractivity (Wildman–Crippen MR) is 158 cm³/mol. The van der Waals surface area contributed by atoms with E-state index in [9.17, 15) is 0 Å². The number of hydrogen-bond acceptors (Lipinski definition) is 3. The van der Waals surface area contributed by atoms with Crippen LogP contribution in [0.5, 0.6) is 5.75 Å². The van der Waals surface area contributed by atoms with Crippen LogP contribution in [-0.4, -0.2) is 26.2 Å². The fourth-order valence-electron chi connectivity index (χ4n) is 6.18. The molecule has 0 spiro atoms. The third-order valence-corrected chi connectivity index (χ3v) is 8.42. The second kappa shape index (κ2) is 11.8. The zero-order valence-electron chi connectivity index (χ0n) is 22.2. The van der Waals surface area contributed by atoms with Crippen LogP contribution in [0, 0.1) is 0 Å². The van der Waals surface area contributed by atoms with Crippen molar-refractivity contribution < 1.29 is 4.74 Å². The van der Waals surface area contributed by atoms with Gasteiger partial charge >= 0.3 is 0 Å². The maximum atomic E-state index is 6.44. The quantitative estimate of drug-likeness (QED) is 0.254. The van der Waals surface area contributed by atoms with Crippen LogP contribution in [0.25, 0.3) is 0 Å². The minimum absolute atomic E-state index is 0.593. The number of rotatable bonds is 7. The summed E-state index contributed by atoms with van der Waals surface area (Å²) in [7, 11) is 0. The molecule has 4 aromatic rings. The number of piperidine rings is 2. The zero-order chi connectivity index (χ0) is 25.6. The standard InChI is InChI=1S/C35H38N2O/c1-4-10-28(11-5-1)27-38-35-17-16-33(36-22-18-31(19-23-36)29-12-6-2-7-13-29)26-34(35)37-24-20-32(21-25-37)30-14-8-3-9-15-30/h1-17,26,31-32H,18-25,27H2. The van der Waals surface area contributed by atoms with Gasteiger partial charge in [0.25, 0.3) is 0 Å². The van der Waals surface area contributed by atoms with Gasteiger partial charge in [-0.15, -0.1) is 0 Å². The van der Waals surface area contributed by atoms with Crippen LogP contribution in [0.4, 0.5) is 11.4 Å². The molecule has 2 aliphatic rings. The third-order valence-electron chi connectivity index (χ3n) is 8.42. The first-order chi connectivity index (χ1) is 18.8. The summed E-state index contributed by atoms with van der Waals surface area (Å²) in [6, 6.07) is 39.4. The third kappa shape index (κ3) is 5.72. The first kappa shape index (κ1) is 24.6. The van der Waals surface area contributed by atoms with E-state index in [1.165, 1.54) is 53.7 Å². The van der Waals surface area contributed by atoms with E-state index in [0.717, 1.165) is 31.9 Å². The lowest BCUT2D eigenvalue weighted by Gasteiger charge is -2.37. The van der Waals surface area contributed by atoms with E-state index >= 15 is 0 Å². The van der Waals surface area contributed by atoms with Crippen molar-refractivity contribution in [2.45, 2.75) is 44.1 Å². The molecule has 2 aliphatic heterocycles. The molecule has 0 amide bonds. The normalized spacial score (nSPS) is 16.9. The molecule has 194 valence electrons. The van der Waals surface area contributed by atoms with Gasteiger partial charge in [0, 0.05) is 31.9 Å². The Labute approximate surface area is 227 Å². The summed E-state index contributed by atoms with van der Waals surface area (Å²) in [6.07, 6.45) is 4.76. The fourth-order valence-corrected chi connectivity index (χ4v) is 6.18. The van der Waals surface area contributed by atoms with Gasteiger partial charge in [0.1, 0.15) is 12.4 Å². The van der Waals surface area contributed by atoms with Gasteiger partial charge < -0.3 is 14.5 Å². The van der Waals surface area contributed by atoms with Crippen LogP contribution in [0.15, 0.2) is 109 Å². The Morgan fingerprint density at radius 1 is 0.553 bits per heavy atom. The molecule has 2 saturated heterocycles. The molecule has 0 aromatic heterocycles. The van der Waals surface area contributed by atoms with Crippen LogP contribution >= 0.6 is 0 Å². The molecular weight excluding hydrogens is 464 g/mol. The molecule has 6 rings (SSSR count). The van der Waals surface area contributed by atoms with E-state index in [2.05, 4.69) is 119 Å². The zero-order valence-corrected chi connectivity index (χ0v) is 22.2. The molecule has 2 fully saturated rings. The summed E-state index contributed by atoms with van der Waals surface area (Å²) < 4.78 is 6.44. The summed E-state index contributed by atoms with van der Waals surface area (Å²) in [6.45, 7) is 4.90. The van der Waals surface area contributed by atoms with Crippen molar-refractivity contribution in [1.82, 2.24) is 0 Å². The Bertz CT molecular complexity index is 1280. The smallest absolute Gasteiger partial charge is 0.143 e. The molecule has 0 N–H and O–H groups in total. The molecule has 0 aliphatic carbocycles. The van der Waals surface area contributed by atoms with Crippen molar-refractivity contribution in [2.75, 3.05) is 36.0 Å². The summed E-state index contributed by atoms with van der Waals surface area (Å²) in [5.41, 5.74) is 6.73. The molecule has 3 heteroatoms. The number of ether oxygens (including phenoxy) is 1. The van der Waals surface area contributed by atoms with E-state index in [1.54, 1.807) is 0 Å². The van der Waals surface area contributed by atoms with Gasteiger partial charge in [-0.1, -0.05) is 91.0 Å². The molecule has 3 nitrogen and oxygen atoms in total. The van der Waals surface area contributed by atoms with Crippen molar-refractivity contribution in [3.05, 3.63) is 126 Å². The molecule has 2 heterocycles. The van der Waals surface area contributed by atoms with Crippen LogP contribution in [0.3, 0.4) is 0 Å². The maximum Gasteiger partial charge on any atom is 0.143 e. The van der Waals surface area contributed by atoms with Crippen LogP contribution < -0.4 is 14.5 Å². The molecule has 0 unspecified atom stereocenters. The number of nitrogens with zero attached hydrogens (tertiary/aromatic N) is 2. The van der Waals surface area contributed by atoms with Gasteiger partial charge in [-0.3, -0.25) is 0 Å². The minimum atomic E-state index is 0.593. The summed E-state index contributed by atoms with van der Waals surface area (Å²) in [4.78, 5) is 5.13. The van der Waals surface area contributed by atoms with Crippen molar-refractivity contribution in [2.24, 2.45) is 0 Å². The topological polar surface area (TPSA) is 15.7 Å². The van der Waals surface area contributed by atoms with Crippen LogP contribution in [-0.2, 0) is 6.61 Å². The Morgan fingerprint density at radius 2 is 1.05 bits per heavy atom. The van der Waals surface area contributed by atoms with E-state index in [-0.39, 0.29) is 0 Å². The fraction of sp³-hybridized carbons (Fsp3) is 0.314. The molecule has 0 bridgehead atoms. The first-order valence-electron chi connectivity index (χ1n) is 14.2. The SMILES string of the molecule is c1ccc(COc2ccc(N3CCC(c4ccccc4)CC3)cc2N2CCC(c3ccccc3)CC2)cc1. The lowest BCUT2D eigenvalue weighted by molar-refractivity contribution is 0.305. The largest absolute Gasteiger partial charge is 0.487 e.